The molecule has 0 bridgehead atoms. The van der Waals surface area contributed by atoms with Gasteiger partial charge in [0.05, 0.1) is 5.56 Å². The minimum absolute atomic E-state index is 0.0615. The van der Waals surface area contributed by atoms with Crippen molar-refractivity contribution in [1.82, 2.24) is 4.90 Å². The molecule has 3 nitrogen and oxygen atoms in total. The number of amides is 1. The van der Waals surface area contributed by atoms with Crippen LogP contribution < -0.4 is 0 Å². The molecular weight excluding hydrogens is 282 g/mol. The van der Waals surface area contributed by atoms with Gasteiger partial charge in [0.1, 0.15) is 5.75 Å². The normalized spacial score (nSPS) is 14.3. The van der Waals surface area contributed by atoms with Gasteiger partial charge < -0.3 is 10.0 Å². The van der Waals surface area contributed by atoms with E-state index in [4.69, 9.17) is 11.6 Å². The van der Waals surface area contributed by atoms with E-state index in [-0.39, 0.29) is 11.7 Å². The van der Waals surface area contributed by atoms with E-state index in [9.17, 15) is 9.90 Å². The summed E-state index contributed by atoms with van der Waals surface area (Å²) in [6.07, 6.45) is 0.882. The van der Waals surface area contributed by atoms with E-state index in [1.54, 1.807) is 28.4 Å². The highest BCUT2D eigenvalue weighted by Crippen LogP contribution is 2.28. The Bertz CT molecular complexity index is 638. The molecular formula is C14H12ClNO2S. The van der Waals surface area contributed by atoms with Crippen LogP contribution in [0.3, 0.4) is 0 Å². The number of carbonyl (C=O) groups is 1. The maximum absolute atomic E-state index is 12.4. The van der Waals surface area contributed by atoms with E-state index in [0.29, 0.717) is 23.7 Å². The monoisotopic (exact) mass is 293 g/mol. The summed E-state index contributed by atoms with van der Waals surface area (Å²) in [5.41, 5.74) is 1.51. The summed E-state index contributed by atoms with van der Waals surface area (Å²) in [6.45, 7) is 1.30. The molecule has 0 fully saturated rings. The van der Waals surface area contributed by atoms with Crippen LogP contribution in [0, 0.1) is 0 Å². The van der Waals surface area contributed by atoms with E-state index in [1.807, 2.05) is 0 Å². The first-order chi connectivity index (χ1) is 9.15. The van der Waals surface area contributed by atoms with Gasteiger partial charge in [0, 0.05) is 23.0 Å². The highest BCUT2D eigenvalue weighted by atomic mass is 35.5. The van der Waals surface area contributed by atoms with Crippen LogP contribution >= 0.6 is 22.9 Å². The summed E-state index contributed by atoms with van der Waals surface area (Å²) >= 11 is 7.51. The van der Waals surface area contributed by atoms with Crippen molar-refractivity contribution < 1.29 is 9.90 Å². The van der Waals surface area contributed by atoms with Crippen molar-refractivity contribution in [2.45, 2.75) is 13.0 Å². The molecule has 1 N–H and O–H groups in total. The Morgan fingerprint density at radius 1 is 1.37 bits per heavy atom. The molecule has 98 valence electrons. The van der Waals surface area contributed by atoms with E-state index in [1.165, 1.54) is 16.5 Å². The Hall–Kier alpha value is -1.52. The molecule has 2 aromatic rings. The zero-order valence-corrected chi connectivity index (χ0v) is 11.7. The summed E-state index contributed by atoms with van der Waals surface area (Å²) in [7, 11) is 0. The van der Waals surface area contributed by atoms with Crippen molar-refractivity contribution in [2.75, 3.05) is 6.54 Å². The number of phenols is 1. The second-order valence-electron chi connectivity index (χ2n) is 4.51. The third kappa shape index (κ3) is 2.33. The van der Waals surface area contributed by atoms with Crippen molar-refractivity contribution in [1.29, 1.82) is 0 Å². The number of hydrogen-bond acceptors (Lipinski definition) is 3. The van der Waals surface area contributed by atoms with Gasteiger partial charge in [0.25, 0.3) is 5.91 Å². The van der Waals surface area contributed by atoms with Crippen molar-refractivity contribution in [2.24, 2.45) is 0 Å². The average molecular weight is 294 g/mol. The molecule has 1 aromatic carbocycles. The molecule has 19 heavy (non-hydrogen) atoms. The lowest BCUT2D eigenvalue weighted by molar-refractivity contribution is 0.0733. The highest BCUT2D eigenvalue weighted by molar-refractivity contribution is 7.10. The quantitative estimate of drug-likeness (QED) is 0.876. The first-order valence-electron chi connectivity index (χ1n) is 5.98. The van der Waals surface area contributed by atoms with E-state index < -0.39 is 0 Å². The van der Waals surface area contributed by atoms with Gasteiger partial charge in [-0.05, 0) is 41.6 Å². The Morgan fingerprint density at radius 2 is 2.21 bits per heavy atom. The number of halogens is 1. The number of phenolic OH excluding ortho intramolecular Hbond substituents is 1. The van der Waals surface area contributed by atoms with Crippen molar-refractivity contribution in [3.63, 3.8) is 0 Å². The standard InChI is InChI=1S/C14H12ClNO2S/c15-10-1-2-11(12(17)7-10)14(18)16-5-3-13-9(8-16)4-6-19-13/h1-2,4,6-7,17H,3,5,8H2. The first kappa shape index (κ1) is 12.5. The lowest BCUT2D eigenvalue weighted by Crippen LogP contribution is -2.35. The molecule has 1 aliphatic rings. The number of benzene rings is 1. The molecule has 0 saturated carbocycles. The first-order valence-corrected chi connectivity index (χ1v) is 7.24. The Labute approximate surface area is 120 Å². The van der Waals surface area contributed by atoms with Crippen molar-refractivity contribution >= 4 is 28.8 Å². The number of fused-ring (bicyclic) bond motifs is 1. The molecule has 0 radical (unpaired) electrons. The highest BCUT2D eigenvalue weighted by Gasteiger charge is 2.24. The van der Waals surface area contributed by atoms with Gasteiger partial charge in [-0.25, -0.2) is 0 Å². The number of carbonyl (C=O) groups excluding carboxylic acids is 1. The fourth-order valence-corrected chi connectivity index (χ4v) is 3.33. The Balaban J connectivity index is 1.85. The second-order valence-corrected chi connectivity index (χ2v) is 5.94. The molecule has 0 aliphatic carbocycles. The van der Waals surface area contributed by atoms with E-state index in [0.717, 1.165) is 6.42 Å². The van der Waals surface area contributed by atoms with Gasteiger partial charge in [-0.2, -0.15) is 0 Å². The number of nitrogens with zero attached hydrogens (tertiary/aromatic N) is 1. The summed E-state index contributed by atoms with van der Waals surface area (Å²) in [5.74, 6) is -0.209. The molecule has 1 aromatic heterocycles. The summed E-state index contributed by atoms with van der Waals surface area (Å²) in [6, 6.07) is 6.65. The minimum Gasteiger partial charge on any atom is -0.507 e. The molecule has 0 spiro atoms. The molecule has 1 aliphatic heterocycles. The zero-order valence-electron chi connectivity index (χ0n) is 10.1. The van der Waals surface area contributed by atoms with E-state index in [2.05, 4.69) is 11.4 Å². The van der Waals surface area contributed by atoms with Crippen LogP contribution in [0.2, 0.25) is 5.02 Å². The Morgan fingerprint density at radius 3 is 3.00 bits per heavy atom. The molecule has 5 heteroatoms. The molecule has 1 amide bonds. The largest absolute Gasteiger partial charge is 0.507 e. The number of rotatable bonds is 1. The third-order valence-electron chi connectivity index (χ3n) is 3.29. The Kier molecular flexibility index (Phi) is 3.21. The van der Waals surface area contributed by atoms with Gasteiger partial charge >= 0.3 is 0 Å². The summed E-state index contributed by atoms with van der Waals surface area (Å²) in [4.78, 5) is 15.5. The maximum atomic E-state index is 12.4. The van der Waals surface area contributed by atoms with E-state index >= 15 is 0 Å². The van der Waals surface area contributed by atoms with Gasteiger partial charge in [-0.1, -0.05) is 11.6 Å². The van der Waals surface area contributed by atoms with Crippen LogP contribution in [-0.4, -0.2) is 22.5 Å². The minimum atomic E-state index is -0.147. The molecule has 0 saturated heterocycles. The summed E-state index contributed by atoms with van der Waals surface area (Å²) < 4.78 is 0. The lowest BCUT2D eigenvalue weighted by atomic mass is 10.1. The van der Waals surface area contributed by atoms with Crippen molar-refractivity contribution in [3.05, 3.63) is 50.7 Å². The number of thiophene rings is 1. The van der Waals surface area contributed by atoms with Crippen LogP contribution in [0.15, 0.2) is 29.6 Å². The fraction of sp³-hybridized carbons (Fsp3) is 0.214. The average Bonchev–Trinajstić information content (AvgIpc) is 2.85. The fourth-order valence-electron chi connectivity index (χ4n) is 2.28. The molecule has 0 unspecified atom stereocenters. The van der Waals surface area contributed by atoms with Crippen LogP contribution in [0.25, 0.3) is 0 Å². The van der Waals surface area contributed by atoms with Crippen LogP contribution in [0.1, 0.15) is 20.8 Å². The van der Waals surface area contributed by atoms with Crippen LogP contribution in [0.4, 0.5) is 0 Å². The predicted molar refractivity (Wildman–Crippen MR) is 75.9 cm³/mol. The zero-order chi connectivity index (χ0) is 13.4. The maximum Gasteiger partial charge on any atom is 0.257 e. The predicted octanol–water partition coefficient (Wildman–Crippen LogP) is 3.31. The molecule has 2 heterocycles. The van der Waals surface area contributed by atoms with Crippen LogP contribution in [0.5, 0.6) is 5.75 Å². The van der Waals surface area contributed by atoms with Gasteiger partial charge in [0.2, 0.25) is 0 Å². The van der Waals surface area contributed by atoms with Crippen molar-refractivity contribution in [3.8, 4) is 5.75 Å². The summed E-state index contributed by atoms with van der Waals surface area (Å²) in [5, 5.41) is 12.3. The topological polar surface area (TPSA) is 40.5 Å². The molecule has 0 atom stereocenters. The number of aromatic hydroxyl groups is 1. The smallest absolute Gasteiger partial charge is 0.257 e. The third-order valence-corrected chi connectivity index (χ3v) is 4.54. The van der Waals surface area contributed by atoms with Gasteiger partial charge in [-0.3, -0.25) is 4.79 Å². The van der Waals surface area contributed by atoms with Crippen LogP contribution in [-0.2, 0) is 13.0 Å². The molecule has 3 rings (SSSR count). The second kappa shape index (κ2) is 4.87. The SMILES string of the molecule is O=C(c1ccc(Cl)cc1O)N1CCc2sccc2C1. The van der Waals surface area contributed by atoms with Gasteiger partial charge in [0.15, 0.2) is 0 Å². The lowest BCUT2D eigenvalue weighted by Gasteiger charge is -2.27. The van der Waals surface area contributed by atoms with Gasteiger partial charge in [-0.15, -0.1) is 11.3 Å². The number of hydrogen-bond donors (Lipinski definition) is 1.